The van der Waals surface area contributed by atoms with Gasteiger partial charge in [-0.2, -0.15) is 15.0 Å². The van der Waals surface area contributed by atoms with Crippen LogP contribution in [0.4, 0.5) is 11.9 Å². The molecule has 3 N–H and O–H groups in total. The van der Waals surface area contributed by atoms with E-state index in [1.807, 2.05) is 0 Å². The molecule has 6 nitrogen and oxygen atoms in total. The number of rotatable bonds is 4. The Morgan fingerprint density at radius 3 is 3.00 bits per heavy atom. The normalized spacial score (nSPS) is 23.9. The van der Waals surface area contributed by atoms with Crippen LogP contribution in [0, 0.1) is 5.92 Å². The largest absolute Gasteiger partial charge is 0.378 e. The summed E-state index contributed by atoms with van der Waals surface area (Å²) in [6.07, 6.45) is 2.39. The highest BCUT2D eigenvalue weighted by molar-refractivity contribution is 6.28. The van der Waals surface area contributed by atoms with Crippen LogP contribution in [-0.2, 0) is 4.74 Å². The van der Waals surface area contributed by atoms with Crippen LogP contribution in [0.1, 0.15) is 19.8 Å². The standard InChI is InChI=1S/C10H16ClN5O/c1-2-7-6(3-4-17-7)5-13-10-15-8(11)14-9(12)16-10/h6-7H,2-5H2,1H3,(H3,12,13,14,15,16). The minimum absolute atomic E-state index is 0.106. The van der Waals surface area contributed by atoms with E-state index in [0.717, 1.165) is 26.0 Å². The van der Waals surface area contributed by atoms with Crippen molar-refractivity contribution in [3.8, 4) is 0 Å². The van der Waals surface area contributed by atoms with Crippen molar-refractivity contribution in [2.24, 2.45) is 5.92 Å². The molecule has 0 spiro atoms. The Bertz CT molecular complexity index is 369. The van der Waals surface area contributed by atoms with Crippen molar-refractivity contribution < 1.29 is 4.74 Å². The Hall–Kier alpha value is -1.14. The number of ether oxygens (including phenoxy) is 1. The fourth-order valence-electron chi connectivity index (χ4n) is 2.04. The van der Waals surface area contributed by atoms with E-state index in [2.05, 4.69) is 27.2 Å². The van der Waals surface area contributed by atoms with Gasteiger partial charge in [-0.05, 0) is 24.4 Å². The summed E-state index contributed by atoms with van der Waals surface area (Å²) >= 11 is 5.69. The molecule has 2 unspecified atom stereocenters. The molecule has 1 aliphatic heterocycles. The lowest BCUT2D eigenvalue weighted by molar-refractivity contribution is 0.0900. The van der Waals surface area contributed by atoms with E-state index >= 15 is 0 Å². The molecule has 0 aromatic carbocycles. The van der Waals surface area contributed by atoms with Gasteiger partial charge in [0, 0.05) is 19.1 Å². The van der Waals surface area contributed by atoms with E-state index in [4.69, 9.17) is 22.1 Å². The highest BCUT2D eigenvalue weighted by atomic mass is 35.5. The van der Waals surface area contributed by atoms with E-state index in [1.165, 1.54) is 0 Å². The zero-order valence-corrected chi connectivity index (χ0v) is 10.4. The van der Waals surface area contributed by atoms with E-state index < -0.39 is 0 Å². The number of hydrogen-bond acceptors (Lipinski definition) is 6. The Kier molecular flexibility index (Phi) is 3.96. The first-order valence-corrected chi connectivity index (χ1v) is 6.09. The molecule has 1 aromatic heterocycles. The number of aromatic nitrogens is 3. The molecule has 0 radical (unpaired) electrons. The van der Waals surface area contributed by atoms with Crippen LogP contribution in [-0.4, -0.2) is 34.2 Å². The molecule has 0 bridgehead atoms. The fraction of sp³-hybridized carbons (Fsp3) is 0.700. The number of anilines is 2. The molecular weight excluding hydrogens is 242 g/mol. The second kappa shape index (κ2) is 5.46. The van der Waals surface area contributed by atoms with E-state index in [-0.39, 0.29) is 11.2 Å². The number of nitrogens with zero attached hydrogens (tertiary/aromatic N) is 3. The van der Waals surface area contributed by atoms with Gasteiger partial charge in [-0.15, -0.1) is 0 Å². The zero-order chi connectivity index (χ0) is 12.3. The number of nitrogens with two attached hydrogens (primary N) is 1. The lowest BCUT2D eigenvalue weighted by Gasteiger charge is -2.17. The van der Waals surface area contributed by atoms with Crippen LogP contribution >= 0.6 is 11.6 Å². The van der Waals surface area contributed by atoms with Gasteiger partial charge in [-0.25, -0.2) is 0 Å². The quantitative estimate of drug-likeness (QED) is 0.846. The summed E-state index contributed by atoms with van der Waals surface area (Å²) in [5.41, 5.74) is 5.49. The van der Waals surface area contributed by atoms with Crippen LogP contribution in [0.3, 0.4) is 0 Å². The van der Waals surface area contributed by atoms with Crippen molar-refractivity contribution in [3.63, 3.8) is 0 Å². The minimum atomic E-state index is 0.106. The van der Waals surface area contributed by atoms with Crippen LogP contribution < -0.4 is 11.1 Å². The Morgan fingerprint density at radius 1 is 1.47 bits per heavy atom. The van der Waals surface area contributed by atoms with Gasteiger partial charge in [0.05, 0.1) is 6.10 Å². The van der Waals surface area contributed by atoms with Gasteiger partial charge < -0.3 is 15.8 Å². The molecule has 7 heteroatoms. The molecule has 1 fully saturated rings. The number of hydrogen-bond donors (Lipinski definition) is 2. The third kappa shape index (κ3) is 3.17. The number of nitrogen functional groups attached to an aromatic ring is 1. The lowest BCUT2D eigenvalue weighted by Crippen LogP contribution is -2.23. The SMILES string of the molecule is CCC1OCCC1CNc1nc(N)nc(Cl)n1. The summed E-state index contributed by atoms with van der Waals surface area (Å²) in [7, 11) is 0. The molecule has 1 aromatic rings. The van der Waals surface area contributed by atoms with Gasteiger partial charge in [0.1, 0.15) is 0 Å². The van der Waals surface area contributed by atoms with Crippen molar-refractivity contribution in [1.29, 1.82) is 0 Å². The summed E-state index contributed by atoms with van der Waals surface area (Å²) in [5, 5.41) is 3.23. The van der Waals surface area contributed by atoms with Crippen molar-refractivity contribution in [2.75, 3.05) is 24.2 Å². The molecule has 17 heavy (non-hydrogen) atoms. The topological polar surface area (TPSA) is 86.0 Å². The third-order valence-electron chi connectivity index (χ3n) is 2.90. The smallest absolute Gasteiger partial charge is 0.228 e. The second-order valence-corrected chi connectivity index (χ2v) is 4.37. The average molecular weight is 258 g/mol. The van der Waals surface area contributed by atoms with E-state index in [0.29, 0.717) is 18.0 Å². The molecule has 2 heterocycles. The third-order valence-corrected chi connectivity index (χ3v) is 3.07. The van der Waals surface area contributed by atoms with Crippen molar-refractivity contribution in [2.45, 2.75) is 25.9 Å². The monoisotopic (exact) mass is 257 g/mol. The van der Waals surface area contributed by atoms with Gasteiger partial charge in [-0.3, -0.25) is 0 Å². The molecule has 2 atom stereocenters. The first-order chi connectivity index (χ1) is 8.19. The molecule has 1 aliphatic rings. The Balaban J connectivity index is 1.93. The van der Waals surface area contributed by atoms with E-state index in [9.17, 15) is 0 Å². The van der Waals surface area contributed by atoms with Gasteiger partial charge in [0.25, 0.3) is 0 Å². The maximum atomic E-state index is 5.69. The summed E-state index contributed by atoms with van der Waals surface area (Å²) in [4.78, 5) is 11.6. The first kappa shape index (κ1) is 12.3. The van der Waals surface area contributed by atoms with Crippen molar-refractivity contribution in [3.05, 3.63) is 5.28 Å². The Labute approximate surface area is 105 Å². The van der Waals surface area contributed by atoms with Gasteiger partial charge >= 0.3 is 0 Å². The van der Waals surface area contributed by atoms with Crippen LogP contribution in [0.15, 0.2) is 0 Å². The summed E-state index contributed by atoms with van der Waals surface area (Å²) < 4.78 is 5.61. The maximum absolute atomic E-state index is 5.69. The predicted molar refractivity (Wildman–Crippen MR) is 65.9 cm³/mol. The van der Waals surface area contributed by atoms with Crippen LogP contribution in [0.2, 0.25) is 5.28 Å². The second-order valence-electron chi connectivity index (χ2n) is 4.03. The molecule has 0 saturated carbocycles. The van der Waals surface area contributed by atoms with Gasteiger partial charge in [-0.1, -0.05) is 6.92 Å². The van der Waals surface area contributed by atoms with E-state index in [1.54, 1.807) is 0 Å². The molecule has 0 aliphatic carbocycles. The van der Waals surface area contributed by atoms with Gasteiger partial charge in [0.15, 0.2) is 0 Å². The molecule has 2 rings (SSSR count). The summed E-state index contributed by atoms with van der Waals surface area (Å²) in [6.45, 7) is 3.71. The summed E-state index contributed by atoms with van der Waals surface area (Å²) in [6, 6.07) is 0. The number of halogens is 1. The summed E-state index contributed by atoms with van der Waals surface area (Å²) in [5.74, 6) is 1.03. The molecule has 0 amide bonds. The first-order valence-electron chi connectivity index (χ1n) is 5.71. The van der Waals surface area contributed by atoms with Crippen LogP contribution in [0.5, 0.6) is 0 Å². The maximum Gasteiger partial charge on any atom is 0.228 e. The molecule has 1 saturated heterocycles. The Morgan fingerprint density at radius 2 is 2.29 bits per heavy atom. The molecule has 94 valence electrons. The predicted octanol–water partition coefficient (Wildman–Crippen LogP) is 1.33. The zero-order valence-electron chi connectivity index (χ0n) is 9.69. The highest BCUT2D eigenvalue weighted by Gasteiger charge is 2.26. The van der Waals surface area contributed by atoms with Crippen molar-refractivity contribution in [1.82, 2.24) is 15.0 Å². The average Bonchev–Trinajstić information content (AvgIpc) is 2.72. The molecular formula is C10H16ClN5O. The lowest BCUT2D eigenvalue weighted by atomic mass is 10.00. The van der Waals surface area contributed by atoms with Gasteiger partial charge in [0.2, 0.25) is 17.2 Å². The van der Waals surface area contributed by atoms with Crippen molar-refractivity contribution >= 4 is 23.5 Å². The minimum Gasteiger partial charge on any atom is -0.378 e. The highest BCUT2D eigenvalue weighted by Crippen LogP contribution is 2.23. The number of nitrogens with one attached hydrogen (secondary N) is 1. The van der Waals surface area contributed by atoms with Crippen LogP contribution in [0.25, 0.3) is 0 Å². The fourth-order valence-corrected chi connectivity index (χ4v) is 2.21.